The van der Waals surface area contributed by atoms with Gasteiger partial charge in [-0.3, -0.25) is 0 Å². The summed E-state index contributed by atoms with van der Waals surface area (Å²) < 4.78 is 22.8. The molecule has 3 aromatic rings. The lowest BCUT2D eigenvalue weighted by Crippen LogP contribution is -2.39. The van der Waals surface area contributed by atoms with Crippen LogP contribution in [0.1, 0.15) is 46.0 Å². The average Bonchev–Trinajstić information content (AvgIpc) is 3.26. The number of rotatable bonds is 5. The van der Waals surface area contributed by atoms with E-state index in [1.165, 1.54) is 6.20 Å². The molecule has 1 aliphatic carbocycles. The minimum Gasteiger partial charge on any atom is -0.507 e. The molecule has 1 fully saturated rings. The van der Waals surface area contributed by atoms with E-state index >= 15 is 4.39 Å². The number of imidazole rings is 1. The zero-order valence-corrected chi connectivity index (χ0v) is 17.2. The zero-order valence-electron chi connectivity index (χ0n) is 17.2. The Hall–Kier alpha value is -3.03. The molecule has 1 saturated carbocycles. The Morgan fingerprint density at radius 1 is 1.30 bits per heavy atom. The molecule has 0 saturated heterocycles. The van der Waals surface area contributed by atoms with Crippen molar-refractivity contribution >= 4 is 0 Å². The van der Waals surface area contributed by atoms with Crippen LogP contribution in [0.15, 0.2) is 43.1 Å². The summed E-state index contributed by atoms with van der Waals surface area (Å²) in [7, 11) is 0. The third-order valence-electron chi connectivity index (χ3n) is 6.12. The Balaban J connectivity index is 1.50. The maximum atomic E-state index is 15.2. The first-order valence-electron chi connectivity index (χ1n) is 10.3. The Bertz CT molecular complexity index is 980. The average molecular weight is 411 g/mol. The number of hydrogen-bond donors (Lipinski definition) is 1. The van der Waals surface area contributed by atoms with E-state index in [4.69, 9.17) is 4.74 Å². The second-order valence-electron chi connectivity index (χ2n) is 8.10. The zero-order chi connectivity index (χ0) is 21.1. The number of aromatic hydroxyl groups is 1. The van der Waals surface area contributed by atoms with Crippen molar-refractivity contribution in [3.63, 3.8) is 0 Å². The Morgan fingerprint density at radius 3 is 2.83 bits per heavy atom. The van der Waals surface area contributed by atoms with Crippen LogP contribution < -0.4 is 4.74 Å². The van der Waals surface area contributed by atoms with Crippen LogP contribution in [0.4, 0.5) is 4.39 Å². The van der Waals surface area contributed by atoms with E-state index in [0.29, 0.717) is 12.0 Å². The number of alkyl halides is 1. The molecule has 3 atom stereocenters. The van der Waals surface area contributed by atoms with Crippen LogP contribution in [0.25, 0.3) is 17.1 Å². The number of benzene rings is 1. The molecule has 2 aromatic heterocycles. The Morgan fingerprint density at radius 2 is 2.17 bits per heavy atom. The molecule has 158 valence electrons. The molecule has 0 aliphatic heterocycles. The van der Waals surface area contributed by atoms with Crippen molar-refractivity contribution in [3.05, 3.63) is 43.1 Å². The summed E-state index contributed by atoms with van der Waals surface area (Å²) in [4.78, 5) is 8.27. The SMILES string of the molecule is CC[C@@]1(C)CCCC[C@@H](Oc2cnc(-c3ccc(-n4ccnc4)cc3O)nn2)[C@H]1F. The molecule has 0 spiro atoms. The molecular weight excluding hydrogens is 385 g/mol. The molecule has 0 bridgehead atoms. The number of halogens is 1. The second-order valence-corrected chi connectivity index (χ2v) is 8.10. The van der Waals surface area contributed by atoms with Gasteiger partial charge in [0.15, 0.2) is 5.82 Å². The molecule has 8 heteroatoms. The van der Waals surface area contributed by atoms with Gasteiger partial charge in [0.2, 0.25) is 0 Å². The quantitative estimate of drug-likeness (QED) is 0.622. The lowest BCUT2D eigenvalue weighted by Gasteiger charge is -2.33. The predicted octanol–water partition coefficient (Wildman–Crippen LogP) is 4.51. The van der Waals surface area contributed by atoms with Gasteiger partial charge < -0.3 is 14.4 Å². The Labute approximate surface area is 175 Å². The lowest BCUT2D eigenvalue weighted by molar-refractivity contribution is 0.00996. The minimum absolute atomic E-state index is 0.0305. The van der Waals surface area contributed by atoms with Crippen molar-refractivity contribution in [2.24, 2.45) is 5.41 Å². The van der Waals surface area contributed by atoms with Crippen LogP contribution in [0, 0.1) is 5.41 Å². The van der Waals surface area contributed by atoms with Crippen molar-refractivity contribution in [1.82, 2.24) is 24.7 Å². The largest absolute Gasteiger partial charge is 0.507 e. The van der Waals surface area contributed by atoms with Gasteiger partial charge in [0.25, 0.3) is 5.88 Å². The maximum absolute atomic E-state index is 15.2. The van der Waals surface area contributed by atoms with Gasteiger partial charge in [-0.25, -0.2) is 14.4 Å². The summed E-state index contributed by atoms with van der Waals surface area (Å²) in [5.74, 6) is 0.498. The van der Waals surface area contributed by atoms with Crippen LogP contribution in [0.2, 0.25) is 0 Å². The third-order valence-corrected chi connectivity index (χ3v) is 6.12. The molecule has 7 nitrogen and oxygen atoms in total. The first kappa shape index (κ1) is 20.3. The van der Waals surface area contributed by atoms with Crippen molar-refractivity contribution in [2.45, 2.75) is 58.2 Å². The number of phenols is 1. The van der Waals surface area contributed by atoms with E-state index in [1.807, 2.05) is 19.9 Å². The lowest BCUT2D eigenvalue weighted by atomic mass is 9.78. The van der Waals surface area contributed by atoms with E-state index in [9.17, 15) is 5.11 Å². The van der Waals surface area contributed by atoms with Gasteiger partial charge in [-0.15, -0.1) is 10.2 Å². The van der Waals surface area contributed by atoms with E-state index in [-0.39, 0.29) is 22.9 Å². The molecule has 2 heterocycles. The van der Waals surface area contributed by atoms with Gasteiger partial charge in [0.05, 0.1) is 23.8 Å². The normalized spacial score (nSPS) is 24.4. The first-order chi connectivity index (χ1) is 14.5. The number of ether oxygens (including phenoxy) is 1. The highest BCUT2D eigenvalue weighted by Gasteiger charge is 2.41. The molecule has 0 unspecified atom stereocenters. The highest BCUT2D eigenvalue weighted by atomic mass is 19.1. The fourth-order valence-corrected chi connectivity index (χ4v) is 3.98. The number of phenolic OH excluding ortho intramolecular Hbond substituents is 1. The molecule has 0 radical (unpaired) electrons. The topological polar surface area (TPSA) is 86.0 Å². The van der Waals surface area contributed by atoms with Gasteiger partial charge in [0.1, 0.15) is 18.0 Å². The first-order valence-corrected chi connectivity index (χ1v) is 10.3. The highest BCUT2D eigenvalue weighted by molar-refractivity contribution is 5.65. The summed E-state index contributed by atoms with van der Waals surface area (Å²) >= 11 is 0. The van der Waals surface area contributed by atoms with E-state index in [0.717, 1.165) is 31.4 Å². The standard InChI is InChI=1S/C22H26FN5O2/c1-3-22(2)9-5-4-6-18(20(22)23)30-19-13-25-21(27-26-19)16-8-7-15(12-17(16)29)28-11-10-24-14-28/h7-8,10-14,18,20,29H,3-6,9H2,1-2H3/t18-,20-,22+/m1/s1. The molecule has 1 N–H and O–H groups in total. The van der Waals surface area contributed by atoms with Crippen molar-refractivity contribution in [3.8, 4) is 28.7 Å². The maximum Gasteiger partial charge on any atom is 0.252 e. The van der Waals surface area contributed by atoms with E-state index in [2.05, 4.69) is 20.2 Å². The fraction of sp³-hybridized carbons (Fsp3) is 0.455. The highest BCUT2D eigenvalue weighted by Crippen LogP contribution is 2.40. The molecule has 1 aliphatic rings. The summed E-state index contributed by atoms with van der Waals surface area (Å²) in [6.45, 7) is 4.01. The second kappa shape index (κ2) is 8.38. The van der Waals surface area contributed by atoms with Crippen molar-refractivity contribution in [2.75, 3.05) is 0 Å². The molecule has 4 rings (SSSR count). The van der Waals surface area contributed by atoms with E-state index in [1.54, 1.807) is 35.4 Å². The number of hydrogen-bond acceptors (Lipinski definition) is 6. The smallest absolute Gasteiger partial charge is 0.252 e. The van der Waals surface area contributed by atoms with Gasteiger partial charge in [-0.05, 0) is 37.8 Å². The predicted molar refractivity (Wildman–Crippen MR) is 110 cm³/mol. The van der Waals surface area contributed by atoms with Gasteiger partial charge in [0, 0.05) is 23.9 Å². The Kier molecular flexibility index (Phi) is 5.65. The summed E-state index contributed by atoms with van der Waals surface area (Å²) in [5.41, 5.74) is 0.836. The molecule has 1 aromatic carbocycles. The van der Waals surface area contributed by atoms with Crippen molar-refractivity contribution in [1.29, 1.82) is 0 Å². The monoisotopic (exact) mass is 411 g/mol. The molecule has 0 amide bonds. The van der Waals surface area contributed by atoms with Gasteiger partial charge in [-0.2, -0.15) is 0 Å². The minimum atomic E-state index is -1.06. The number of aromatic nitrogens is 5. The molecule has 30 heavy (non-hydrogen) atoms. The third kappa shape index (κ3) is 3.99. The summed E-state index contributed by atoms with van der Waals surface area (Å²) in [6, 6.07) is 5.16. The van der Waals surface area contributed by atoms with Crippen LogP contribution in [0.5, 0.6) is 11.6 Å². The fourth-order valence-electron chi connectivity index (χ4n) is 3.98. The van der Waals surface area contributed by atoms with E-state index < -0.39 is 12.3 Å². The number of nitrogens with zero attached hydrogens (tertiary/aromatic N) is 5. The van der Waals surface area contributed by atoms with Crippen LogP contribution in [0.3, 0.4) is 0 Å². The summed E-state index contributed by atoms with van der Waals surface area (Å²) in [6.07, 6.45) is 9.13. The molecular formula is C22H26FN5O2. The van der Waals surface area contributed by atoms with Crippen LogP contribution in [-0.2, 0) is 0 Å². The van der Waals surface area contributed by atoms with Crippen LogP contribution >= 0.6 is 0 Å². The summed E-state index contributed by atoms with van der Waals surface area (Å²) in [5, 5.41) is 18.6. The van der Waals surface area contributed by atoms with Gasteiger partial charge >= 0.3 is 0 Å². The van der Waals surface area contributed by atoms with Crippen LogP contribution in [-0.4, -0.2) is 42.1 Å². The van der Waals surface area contributed by atoms with Crippen molar-refractivity contribution < 1.29 is 14.2 Å². The van der Waals surface area contributed by atoms with Gasteiger partial charge in [-0.1, -0.05) is 20.3 Å².